The van der Waals surface area contributed by atoms with E-state index in [0.717, 1.165) is 39.5 Å². The van der Waals surface area contributed by atoms with Crippen molar-refractivity contribution in [3.05, 3.63) is 0 Å². The third-order valence-electron chi connectivity index (χ3n) is 9.77. The molecule has 1 N–H and O–H groups in total. The molecular formula is C55H123NO5S. The fourth-order valence-corrected chi connectivity index (χ4v) is 5.74. The largest absolute Gasteiger partial charge is 0.400 e. The van der Waals surface area contributed by atoms with Crippen LogP contribution < -0.4 is 0 Å². The van der Waals surface area contributed by atoms with Crippen LogP contribution in [0.3, 0.4) is 0 Å². The predicted octanol–water partition coefficient (Wildman–Crippen LogP) is 18.3. The fourth-order valence-electron chi connectivity index (χ4n) is 5.74. The number of rotatable bonds is 40. The van der Waals surface area contributed by atoms with Gasteiger partial charge in [0.15, 0.2) is 5.62 Å². The molecule has 0 saturated heterocycles. The van der Waals surface area contributed by atoms with Gasteiger partial charge in [-0.05, 0) is 64.6 Å². The van der Waals surface area contributed by atoms with Crippen molar-refractivity contribution in [2.24, 2.45) is 5.92 Å². The predicted molar refractivity (Wildman–Crippen MR) is 287 cm³/mol. The number of ether oxygens (including phenoxy) is 3. The van der Waals surface area contributed by atoms with Crippen molar-refractivity contribution in [3.63, 3.8) is 0 Å². The molecule has 0 aliphatic carbocycles. The number of unbranched alkanes of at least 4 members (excludes halogenated alkanes) is 26. The summed E-state index contributed by atoms with van der Waals surface area (Å²) < 4.78 is 16.5. The van der Waals surface area contributed by atoms with Crippen molar-refractivity contribution in [2.75, 3.05) is 60.5 Å². The number of aliphatic hydroxyl groups excluding tert-OH is 1. The summed E-state index contributed by atoms with van der Waals surface area (Å²) in [6, 6.07) is 0. The zero-order chi connectivity index (χ0) is 48.3. The van der Waals surface area contributed by atoms with Crippen LogP contribution in [-0.2, 0) is 19.0 Å². The second kappa shape index (κ2) is 87.7. The van der Waals surface area contributed by atoms with E-state index < -0.39 is 0 Å². The Bertz CT molecular complexity index is 600. The van der Waals surface area contributed by atoms with Crippen LogP contribution in [0.25, 0.3) is 0 Å². The quantitative estimate of drug-likeness (QED) is 0.0276. The minimum Gasteiger partial charge on any atom is -0.400 e. The Kier molecular flexibility index (Phi) is 108. The van der Waals surface area contributed by atoms with Gasteiger partial charge in [-0.25, -0.2) is 0 Å². The molecule has 0 amide bonds. The summed E-state index contributed by atoms with van der Waals surface area (Å²) >= 11 is 3.11. The number of nitrogens with zero attached hydrogens (tertiary/aromatic N) is 1. The average molecular weight is 911 g/mol. The lowest BCUT2D eigenvalue weighted by molar-refractivity contribution is -0.0555. The van der Waals surface area contributed by atoms with Gasteiger partial charge in [0.25, 0.3) is 0 Å². The van der Waals surface area contributed by atoms with Crippen molar-refractivity contribution < 1.29 is 24.1 Å². The zero-order valence-corrected chi connectivity index (χ0v) is 46.3. The summed E-state index contributed by atoms with van der Waals surface area (Å²) in [6.07, 6.45) is 44.7. The highest BCUT2D eigenvalue weighted by Gasteiger charge is 1.98. The number of carbonyl (C=O) groups is 1. The molecule has 0 aromatic heterocycles. The van der Waals surface area contributed by atoms with Gasteiger partial charge in [-0.3, -0.25) is 4.79 Å². The number of aliphatic hydroxyl groups is 1. The van der Waals surface area contributed by atoms with Crippen molar-refractivity contribution in [1.29, 1.82) is 0 Å². The summed E-state index contributed by atoms with van der Waals surface area (Å²) in [4.78, 5) is 11.2. The van der Waals surface area contributed by atoms with Crippen LogP contribution in [0.2, 0.25) is 0 Å². The van der Waals surface area contributed by atoms with Crippen LogP contribution >= 0.6 is 12.6 Å². The highest BCUT2D eigenvalue weighted by Crippen LogP contribution is 2.10. The number of hydrogen-bond donors (Lipinski definition) is 2. The van der Waals surface area contributed by atoms with Gasteiger partial charge in [0, 0.05) is 33.5 Å². The third kappa shape index (κ3) is 118. The van der Waals surface area contributed by atoms with E-state index in [4.69, 9.17) is 24.1 Å². The normalized spacial score (nSPS) is 10.1. The Morgan fingerprint density at radius 1 is 0.387 bits per heavy atom. The van der Waals surface area contributed by atoms with Gasteiger partial charge < -0.3 is 24.2 Å². The molecule has 0 heterocycles. The molecule has 0 unspecified atom stereocenters. The lowest BCUT2D eigenvalue weighted by atomic mass is 10.1. The van der Waals surface area contributed by atoms with E-state index in [0.29, 0.717) is 12.4 Å². The maximum absolute atomic E-state index is 8.67. The molecule has 0 aliphatic rings. The van der Waals surface area contributed by atoms with E-state index in [9.17, 15) is 0 Å². The van der Waals surface area contributed by atoms with Crippen LogP contribution in [0.4, 0.5) is 0 Å². The van der Waals surface area contributed by atoms with Crippen LogP contribution in [0.15, 0.2) is 0 Å². The molecule has 0 spiro atoms. The van der Waals surface area contributed by atoms with E-state index in [1.807, 2.05) is 0 Å². The van der Waals surface area contributed by atoms with Gasteiger partial charge in [0.1, 0.15) is 6.79 Å². The summed E-state index contributed by atoms with van der Waals surface area (Å²) in [6.45, 7) is 31.1. The molecule has 0 aromatic carbocycles. The zero-order valence-electron chi connectivity index (χ0n) is 45.4. The topological polar surface area (TPSA) is 68.2 Å². The molecule has 6 nitrogen and oxygen atoms in total. The molecule has 0 rings (SSSR count). The summed E-state index contributed by atoms with van der Waals surface area (Å²) in [5.41, 5.74) is 0.444. The third-order valence-corrected chi connectivity index (χ3v) is 9.77. The summed E-state index contributed by atoms with van der Waals surface area (Å²) in [7, 11) is 3.26. The van der Waals surface area contributed by atoms with Gasteiger partial charge in [-0.2, -0.15) is 0 Å². The molecular weight excluding hydrogens is 787 g/mol. The summed E-state index contributed by atoms with van der Waals surface area (Å²) in [5, 5.41) is 7.00. The number of thiol groups is 1. The minimum absolute atomic E-state index is 0.444. The van der Waals surface area contributed by atoms with Gasteiger partial charge in [0.2, 0.25) is 0 Å². The van der Waals surface area contributed by atoms with Crippen molar-refractivity contribution in [2.45, 2.75) is 288 Å². The molecule has 0 aromatic rings. The molecule has 0 bridgehead atoms. The van der Waals surface area contributed by atoms with Gasteiger partial charge in [0.05, 0.1) is 0 Å². The van der Waals surface area contributed by atoms with E-state index >= 15 is 0 Å². The Labute approximate surface area is 400 Å². The minimum atomic E-state index is 0.444. The average Bonchev–Trinajstić information content (AvgIpc) is 3.27. The second-order valence-electron chi connectivity index (χ2n) is 17.5. The number of hydrogen-bond acceptors (Lipinski definition) is 6. The smallest absolute Gasteiger partial charge is 0.173 e. The highest BCUT2D eigenvalue weighted by molar-refractivity contribution is 7.94. The lowest BCUT2D eigenvalue weighted by Crippen LogP contribution is -2.20. The Hall–Kier alpha value is -0.180. The molecule has 0 atom stereocenters. The second-order valence-corrected chi connectivity index (χ2v) is 17.7. The maximum atomic E-state index is 8.67. The first-order valence-electron chi connectivity index (χ1n) is 27.1. The van der Waals surface area contributed by atoms with Gasteiger partial charge in [-0.1, -0.05) is 250 Å². The van der Waals surface area contributed by atoms with Crippen LogP contribution in [0, 0.1) is 5.92 Å². The monoisotopic (exact) mass is 910 g/mol. The fraction of sp³-hybridized carbons (Fsp3) is 0.982. The molecule has 0 radical (unpaired) electrons. The Morgan fingerprint density at radius 3 is 0.871 bits per heavy atom. The Balaban J connectivity index is -0.000000131. The molecule has 0 aliphatic heterocycles. The SMILES string of the molecule is CC(C)C.CCCC.CCCCCCCCCCCC.CCCCCCCOCOCCCCCC.CCCCCCOCCCCCCCCN(C)CCCC.CO.O=CS. The number of carbonyl (C=O) groups excluding carboxylic acids is 1. The first kappa shape index (κ1) is 76.1. The summed E-state index contributed by atoms with van der Waals surface area (Å²) in [5.74, 6) is 0.833. The maximum Gasteiger partial charge on any atom is 0.173 e. The molecule has 384 valence electrons. The first-order valence-corrected chi connectivity index (χ1v) is 27.7. The van der Waals surface area contributed by atoms with Gasteiger partial charge >= 0.3 is 0 Å². The molecule has 0 saturated carbocycles. The van der Waals surface area contributed by atoms with Crippen LogP contribution in [0.1, 0.15) is 288 Å². The first-order chi connectivity index (χ1) is 30.2. The van der Waals surface area contributed by atoms with E-state index in [-0.39, 0.29) is 0 Å². The van der Waals surface area contributed by atoms with Gasteiger partial charge in [-0.15, -0.1) is 12.6 Å². The van der Waals surface area contributed by atoms with Crippen molar-refractivity contribution >= 4 is 18.2 Å². The van der Waals surface area contributed by atoms with Crippen LogP contribution in [0.5, 0.6) is 0 Å². The highest BCUT2D eigenvalue weighted by atomic mass is 32.1. The van der Waals surface area contributed by atoms with E-state index in [1.54, 1.807) is 0 Å². The molecule has 62 heavy (non-hydrogen) atoms. The lowest BCUT2D eigenvalue weighted by Gasteiger charge is -2.15. The molecule has 7 heteroatoms. The van der Waals surface area contributed by atoms with Crippen molar-refractivity contribution in [3.8, 4) is 0 Å². The molecule has 0 fully saturated rings. The van der Waals surface area contributed by atoms with E-state index in [1.165, 1.54) is 225 Å². The Morgan fingerprint density at radius 2 is 0.597 bits per heavy atom. The van der Waals surface area contributed by atoms with Crippen LogP contribution in [-0.4, -0.2) is 76.1 Å². The standard InChI is InChI=1S/C19H41NO.C14H30O2.C12H26.2C4H10.CH2OS.CH4O/c1-4-6-8-14-18-21-19-15-12-10-9-11-13-17-20(3)16-7-5-2;1-3-5-7-9-11-13-16-14-15-12-10-8-6-4-2;1-3-5-7-9-11-12-10-8-6-4-2;1-4(2)3;1-3-4-2;2-1-3;1-2/h4-19H2,1-3H3;3-14H2,1-2H3;3-12H2,1-2H3;4H,1-3H3;3-4H2,1-2H3;1H,(H,2,3);2H,1H3. The van der Waals surface area contributed by atoms with Crippen molar-refractivity contribution in [1.82, 2.24) is 4.90 Å². The van der Waals surface area contributed by atoms with E-state index in [2.05, 4.69) is 101 Å².